The molecule has 0 N–H and O–H groups in total. The molecule has 4 nitrogen and oxygen atoms in total. The number of esters is 1. The van der Waals surface area contributed by atoms with Gasteiger partial charge in [-0.05, 0) is 18.2 Å². The first-order chi connectivity index (χ1) is 9.13. The standard InChI is InChI=1S/C13H10Cl2O4/c1-17-13(16)8-5-6-18-11(8)7-19-10-4-2-3-9(14)12(10)15/h2-6H,7H2,1H3. The van der Waals surface area contributed by atoms with Crippen molar-refractivity contribution >= 4 is 29.2 Å². The smallest absolute Gasteiger partial charge is 0.341 e. The molecule has 0 saturated heterocycles. The van der Waals surface area contributed by atoms with E-state index in [1.54, 1.807) is 18.2 Å². The Labute approximate surface area is 119 Å². The zero-order valence-electron chi connectivity index (χ0n) is 9.98. The molecule has 19 heavy (non-hydrogen) atoms. The number of carbonyl (C=O) groups is 1. The Hall–Kier alpha value is -1.65. The van der Waals surface area contributed by atoms with Crippen LogP contribution in [0.1, 0.15) is 16.1 Å². The molecule has 0 radical (unpaired) electrons. The van der Waals surface area contributed by atoms with Crippen molar-refractivity contribution in [3.8, 4) is 5.75 Å². The molecule has 1 heterocycles. The Bertz CT molecular complexity index is 592. The van der Waals surface area contributed by atoms with E-state index in [0.29, 0.717) is 27.1 Å². The van der Waals surface area contributed by atoms with Crippen molar-refractivity contribution in [2.24, 2.45) is 0 Å². The van der Waals surface area contributed by atoms with Gasteiger partial charge in [-0.1, -0.05) is 29.3 Å². The van der Waals surface area contributed by atoms with Gasteiger partial charge in [-0.2, -0.15) is 0 Å². The number of hydrogen-bond donors (Lipinski definition) is 0. The molecule has 2 rings (SSSR count). The van der Waals surface area contributed by atoms with Gasteiger partial charge in [0.25, 0.3) is 0 Å². The molecule has 0 aliphatic carbocycles. The zero-order valence-corrected chi connectivity index (χ0v) is 11.5. The van der Waals surface area contributed by atoms with E-state index in [-0.39, 0.29) is 6.61 Å². The summed E-state index contributed by atoms with van der Waals surface area (Å²) < 4.78 is 15.3. The Morgan fingerprint density at radius 2 is 2.11 bits per heavy atom. The van der Waals surface area contributed by atoms with Crippen LogP contribution in [0.2, 0.25) is 10.0 Å². The molecule has 0 amide bonds. The molecular weight excluding hydrogens is 291 g/mol. The molecule has 1 aromatic heterocycles. The number of rotatable bonds is 4. The number of carbonyl (C=O) groups excluding carboxylic acids is 1. The number of halogens is 2. The first-order valence-electron chi connectivity index (χ1n) is 5.35. The summed E-state index contributed by atoms with van der Waals surface area (Å²) in [6.45, 7) is 0.0531. The second-order valence-corrected chi connectivity index (χ2v) is 4.37. The normalized spacial score (nSPS) is 10.3. The van der Waals surface area contributed by atoms with Crippen molar-refractivity contribution in [3.05, 3.63) is 51.9 Å². The Morgan fingerprint density at radius 1 is 1.32 bits per heavy atom. The maximum absolute atomic E-state index is 11.4. The molecule has 1 aromatic carbocycles. The van der Waals surface area contributed by atoms with Gasteiger partial charge in [0.1, 0.15) is 22.9 Å². The van der Waals surface area contributed by atoms with Gasteiger partial charge < -0.3 is 13.9 Å². The van der Waals surface area contributed by atoms with Crippen LogP contribution in [0, 0.1) is 0 Å². The maximum atomic E-state index is 11.4. The van der Waals surface area contributed by atoms with Crippen LogP contribution in [0.4, 0.5) is 0 Å². The van der Waals surface area contributed by atoms with Gasteiger partial charge in [-0.25, -0.2) is 4.79 Å². The third-order valence-electron chi connectivity index (χ3n) is 2.43. The molecule has 0 unspecified atom stereocenters. The Balaban J connectivity index is 2.13. The van der Waals surface area contributed by atoms with Crippen molar-refractivity contribution in [3.63, 3.8) is 0 Å². The van der Waals surface area contributed by atoms with Crippen molar-refractivity contribution in [2.75, 3.05) is 7.11 Å². The minimum absolute atomic E-state index is 0.0531. The monoisotopic (exact) mass is 300 g/mol. The van der Waals surface area contributed by atoms with E-state index < -0.39 is 5.97 Å². The fourth-order valence-electron chi connectivity index (χ4n) is 1.48. The first kappa shape index (κ1) is 13.8. The highest BCUT2D eigenvalue weighted by atomic mass is 35.5. The molecule has 100 valence electrons. The summed E-state index contributed by atoms with van der Waals surface area (Å²) in [7, 11) is 1.30. The van der Waals surface area contributed by atoms with Crippen molar-refractivity contribution in [2.45, 2.75) is 6.61 Å². The highest BCUT2D eigenvalue weighted by Crippen LogP contribution is 2.32. The van der Waals surface area contributed by atoms with Gasteiger partial charge in [-0.3, -0.25) is 0 Å². The van der Waals surface area contributed by atoms with Gasteiger partial charge in [0.15, 0.2) is 5.76 Å². The fourth-order valence-corrected chi connectivity index (χ4v) is 1.83. The van der Waals surface area contributed by atoms with Crippen molar-refractivity contribution in [1.82, 2.24) is 0 Å². The second kappa shape index (κ2) is 5.99. The third kappa shape index (κ3) is 3.03. The molecule has 0 fully saturated rings. The number of benzene rings is 1. The average Bonchev–Trinajstić information content (AvgIpc) is 2.88. The molecule has 2 aromatic rings. The number of hydrogen-bond acceptors (Lipinski definition) is 4. The summed E-state index contributed by atoms with van der Waals surface area (Å²) in [5.74, 6) is 0.300. The predicted octanol–water partition coefficient (Wildman–Crippen LogP) is 3.95. The van der Waals surface area contributed by atoms with Gasteiger partial charge in [0.05, 0.1) is 18.4 Å². The Morgan fingerprint density at radius 3 is 2.84 bits per heavy atom. The van der Waals surface area contributed by atoms with Crippen LogP contribution in [0.15, 0.2) is 34.9 Å². The zero-order chi connectivity index (χ0) is 13.8. The van der Waals surface area contributed by atoms with Gasteiger partial charge in [0.2, 0.25) is 0 Å². The summed E-state index contributed by atoms with van der Waals surface area (Å²) >= 11 is 11.9. The lowest BCUT2D eigenvalue weighted by Crippen LogP contribution is -2.05. The average molecular weight is 301 g/mol. The van der Waals surface area contributed by atoms with Crippen LogP contribution in [-0.4, -0.2) is 13.1 Å². The summed E-state index contributed by atoms with van der Waals surface area (Å²) in [4.78, 5) is 11.4. The molecule has 0 saturated carbocycles. The number of methoxy groups -OCH3 is 1. The van der Waals surface area contributed by atoms with E-state index >= 15 is 0 Å². The van der Waals surface area contributed by atoms with Crippen LogP contribution >= 0.6 is 23.2 Å². The first-order valence-corrected chi connectivity index (χ1v) is 6.10. The lowest BCUT2D eigenvalue weighted by Gasteiger charge is -2.08. The molecule has 0 aliphatic rings. The second-order valence-electron chi connectivity index (χ2n) is 3.59. The van der Waals surface area contributed by atoms with Gasteiger partial charge >= 0.3 is 5.97 Å². The van der Waals surface area contributed by atoms with Crippen molar-refractivity contribution in [1.29, 1.82) is 0 Å². The van der Waals surface area contributed by atoms with E-state index in [4.69, 9.17) is 32.4 Å². The summed E-state index contributed by atoms with van der Waals surface area (Å²) in [5, 5.41) is 0.710. The molecule has 0 bridgehead atoms. The minimum atomic E-state index is -0.482. The van der Waals surface area contributed by atoms with E-state index in [9.17, 15) is 4.79 Å². The lowest BCUT2D eigenvalue weighted by molar-refractivity contribution is 0.0595. The summed E-state index contributed by atoms with van der Waals surface area (Å²) in [6, 6.07) is 6.56. The van der Waals surface area contributed by atoms with E-state index in [2.05, 4.69) is 4.74 Å². The highest BCUT2D eigenvalue weighted by molar-refractivity contribution is 6.42. The molecule has 0 spiro atoms. The third-order valence-corrected chi connectivity index (χ3v) is 3.23. The van der Waals surface area contributed by atoms with Crippen LogP contribution < -0.4 is 4.74 Å². The SMILES string of the molecule is COC(=O)c1ccoc1COc1cccc(Cl)c1Cl. The van der Waals surface area contributed by atoms with Crippen LogP contribution in [0.25, 0.3) is 0 Å². The summed E-state index contributed by atoms with van der Waals surface area (Å²) in [5.41, 5.74) is 0.320. The molecular formula is C13H10Cl2O4. The minimum Gasteiger partial charge on any atom is -0.484 e. The van der Waals surface area contributed by atoms with Crippen LogP contribution in [0.3, 0.4) is 0 Å². The number of ether oxygens (including phenoxy) is 2. The lowest BCUT2D eigenvalue weighted by atomic mass is 10.2. The topological polar surface area (TPSA) is 48.7 Å². The van der Waals surface area contributed by atoms with Crippen LogP contribution in [0.5, 0.6) is 5.75 Å². The largest absolute Gasteiger partial charge is 0.484 e. The molecule has 0 atom stereocenters. The fraction of sp³-hybridized carbons (Fsp3) is 0.154. The van der Waals surface area contributed by atoms with Crippen LogP contribution in [-0.2, 0) is 11.3 Å². The number of furan rings is 1. The van der Waals surface area contributed by atoms with E-state index in [0.717, 1.165) is 0 Å². The summed E-state index contributed by atoms with van der Waals surface area (Å²) in [6.07, 6.45) is 1.39. The van der Waals surface area contributed by atoms with Gasteiger partial charge in [-0.15, -0.1) is 0 Å². The highest BCUT2D eigenvalue weighted by Gasteiger charge is 2.16. The van der Waals surface area contributed by atoms with E-state index in [1.165, 1.54) is 19.4 Å². The molecule has 6 heteroatoms. The Kier molecular flexibility index (Phi) is 4.35. The van der Waals surface area contributed by atoms with Gasteiger partial charge in [0, 0.05) is 0 Å². The van der Waals surface area contributed by atoms with E-state index in [1.807, 2.05) is 0 Å². The molecule has 0 aliphatic heterocycles. The quantitative estimate of drug-likeness (QED) is 0.802. The predicted molar refractivity (Wildman–Crippen MR) is 70.8 cm³/mol. The maximum Gasteiger partial charge on any atom is 0.341 e. The van der Waals surface area contributed by atoms with Crippen molar-refractivity contribution < 1.29 is 18.7 Å².